The molecule has 3 aromatic rings. The quantitative estimate of drug-likeness (QED) is 0.623. The number of hydrogen-bond acceptors (Lipinski definition) is 5. The summed E-state index contributed by atoms with van der Waals surface area (Å²) in [6.07, 6.45) is 2.44. The maximum Gasteiger partial charge on any atom is 0.265 e. The number of nitrogens with one attached hydrogen (secondary N) is 1. The lowest BCUT2D eigenvalue weighted by Crippen LogP contribution is -2.30. The van der Waals surface area contributed by atoms with Crippen LogP contribution in [-0.4, -0.2) is 33.4 Å². The van der Waals surface area contributed by atoms with E-state index in [9.17, 15) is 4.79 Å². The molecular weight excluding hydrogens is 380 g/mol. The summed E-state index contributed by atoms with van der Waals surface area (Å²) in [6.45, 7) is 4.60. The standard InChI is InChI=1S/C20H21ClN4O3/c1-14-10-16(21)6-7-19(14)28-15(2)20(26)24-17-4-3-5-18(11-17)27-9-8-25-13-22-12-23-25/h3-7,10-13,15H,8-9H2,1-2H3,(H,24,26). The van der Waals surface area contributed by atoms with Crippen molar-refractivity contribution < 1.29 is 14.3 Å². The van der Waals surface area contributed by atoms with E-state index >= 15 is 0 Å². The number of carbonyl (C=O) groups excluding carboxylic acids is 1. The molecule has 1 atom stereocenters. The predicted octanol–water partition coefficient (Wildman–Crippen LogP) is 3.72. The largest absolute Gasteiger partial charge is 0.492 e. The third-order valence-electron chi connectivity index (χ3n) is 3.97. The summed E-state index contributed by atoms with van der Waals surface area (Å²) in [7, 11) is 0. The first-order valence-corrected chi connectivity index (χ1v) is 9.18. The number of anilines is 1. The highest BCUT2D eigenvalue weighted by molar-refractivity contribution is 6.30. The maximum atomic E-state index is 12.5. The number of rotatable bonds is 8. The second-order valence-corrected chi connectivity index (χ2v) is 6.63. The zero-order valence-corrected chi connectivity index (χ0v) is 16.4. The highest BCUT2D eigenvalue weighted by atomic mass is 35.5. The van der Waals surface area contributed by atoms with Gasteiger partial charge in [-0.05, 0) is 49.7 Å². The van der Waals surface area contributed by atoms with Crippen LogP contribution in [0.5, 0.6) is 11.5 Å². The van der Waals surface area contributed by atoms with Crippen LogP contribution in [-0.2, 0) is 11.3 Å². The Bertz CT molecular complexity index is 931. The Morgan fingerprint density at radius 2 is 2.14 bits per heavy atom. The van der Waals surface area contributed by atoms with Crippen molar-refractivity contribution >= 4 is 23.2 Å². The number of nitrogens with zero attached hydrogens (tertiary/aromatic N) is 3. The molecule has 1 amide bonds. The normalized spacial score (nSPS) is 11.7. The highest BCUT2D eigenvalue weighted by Gasteiger charge is 2.16. The SMILES string of the molecule is Cc1cc(Cl)ccc1OC(C)C(=O)Nc1cccc(OCCn2cncn2)c1. The minimum Gasteiger partial charge on any atom is -0.492 e. The van der Waals surface area contributed by atoms with Crippen LogP contribution < -0.4 is 14.8 Å². The fourth-order valence-corrected chi connectivity index (χ4v) is 2.73. The average Bonchev–Trinajstić information content (AvgIpc) is 3.18. The first-order chi connectivity index (χ1) is 13.5. The molecule has 0 spiro atoms. The number of aryl methyl sites for hydroxylation is 1. The van der Waals surface area contributed by atoms with Crippen molar-refractivity contribution in [1.82, 2.24) is 14.8 Å². The van der Waals surface area contributed by atoms with Gasteiger partial charge in [0, 0.05) is 16.8 Å². The van der Waals surface area contributed by atoms with Crippen molar-refractivity contribution in [2.45, 2.75) is 26.5 Å². The minimum absolute atomic E-state index is 0.255. The van der Waals surface area contributed by atoms with Crippen molar-refractivity contribution in [2.75, 3.05) is 11.9 Å². The van der Waals surface area contributed by atoms with Gasteiger partial charge in [-0.3, -0.25) is 4.79 Å². The molecule has 28 heavy (non-hydrogen) atoms. The molecule has 1 aromatic heterocycles. The van der Waals surface area contributed by atoms with Gasteiger partial charge in [0.2, 0.25) is 0 Å². The number of benzene rings is 2. The third kappa shape index (κ3) is 5.47. The van der Waals surface area contributed by atoms with E-state index in [-0.39, 0.29) is 5.91 Å². The van der Waals surface area contributed by atoms with Gasteiger partial charge in [0.1, 0.15) is 30.8 Å². The molecule has 0 aliphatic rings. The first kappa shape index (κ1) is 19.7. The molecule has 0 saturated heterocycles. The van der Waals surface area contributed by atoms with Gasteiger partial charge in [-0.15, -0.1) is 0 Å². The minimum atomic E-state index is -0.670. The smallest absolute Gasteiger partial charge is 0.265 e. The van der Waals surface area contributed by atoms with E-state index in [4.69, 9.17) is 21.1 Å². The third-order valence-corrected chi connectivity index (χ3v) is 4.20. The molecule has 146 valence electrons. The van der Waals surface area contributed by atoms with E-state index in [2.05, 4.69) is 15.4 Å². The Kier molecular flexibility index (Phi) is 6.49. The maximum absolute atomic E-state index is 12.5. The first-order valence-electron chi connectivity index (χ1n) is 8.80. The number of ether oxygens (including phenoxy) is 2. The Labute approximate surface area is 168 Å². The van der Waals surface area contributed by atoms with Crippen molar-refractivity contribution in [3.63, 3.8) is 0 Å². The van der Waals surface area contributed by atoms with Gasteiger partial charge in [0.05, 0.1) is 6.54 Å². The Hall–Kier alpha value is -3.06. The second-order valence-electron chi connectivity index (χ2n) is 6.19. The topological polar surface area (TPSA) is 78.3 Å². The second kappa shape index (κ2) is 9.23. The molecular formula is C20H21ClN4O3. The number of aromatic nitrogens is 3. The fourth-order valence-electron chi connectivity index (χ4n) is 2.50. The monoisotopic (exact) mass is 400 g/mol. The van der Waals surface area contributed by atoms with E-state index in [1.54, 1.807) is 48.3 Å². The van der Waals surface area contributed by atoms with E-state index in [0.717, 1.165) is 5.56 Å². The molecule has 1 unspecified atom stereocenters. The van der Waals surface area contributed by atoms with Gasteiger partial charge >= 0.3 is 0 Å². The van der Waals surface area contributed by atoms with E-state index in [1.165, 1.54) is 6.33 Å². The van der Waals surface area contributed by atoms with Crippen LogP contribution in [0.25, 0.3) is 0 Å². The summed E-state index contributed by atoms with van der Waals surface area (Å²) in [4.78, 5) is 16.3. The lowest BCUT2D eigenvalue weighted by atomic mass is 10.2. The van der Waals surface area contributed by atoms with Crippen LogP contribution in [0.2, 0.25) is 5.02 Å². The Balaban J connectivity index is 1.54. The summed E-state index contributed by atoms with van der Waals surface area (Å²) in [5.74, 6) is 1.02. The molecule has 3 rings (SSSR count). The van der Waals surface area contributed by atoms with Crippen molar-refractivity contribution in [3.05, 3.63) is 65.7 Å². The van der Waals surface area contributed by atoms with Crippen molar-refractivity contribution in [3.8, 4) is 11.5 Å². The van der Waals surface area contributed by atoms with Crippen LogP contribution >= 0.6 is 11.6 Å². The molecule has 0 saturated carbocycles. The van der Waals surface area contributed by atoms with Gasteiger partial charge in [-0.2, -0.15) is 5.10 Å². The summed E-state index contributed by atoms with van der Waals surface area (Å²) < 4.78 is 13.1. The molecule has 2 aromatic carbocycles. The summed E-state index contributed by atoms with van der Waals surface area (Å²) in [5, 5.41) is 7.48. The lowest BCUT2D eigenvalue weighted by Gasteiger charge is -2.17. The molecule has 7 nitrogen and oxygen atoms in total. The zero-order chi connectivity index (χ0) is 19.9. The Morgan fingerprint density at radius 1 is 1.29 bits per heavy atom. The van der Waals surface area contributed by atoms with Gasteiger partial charge in [-0.25, -0.2) is 9.67 Å². The summed E-state index contributed by atoms with van der Waals surface area (Å²) >= 11 is 5.95. The van der Waals surface area contributed by atoms with Crippen molar-refractivity contribution in [1.29, 1.82) is 0 Å². The van der Waals surface area contributed by atoms with Gasteiger partial charge in [0.15, 0.2) is 6.10 Å². The van der Waals surface area contributed by atoms with E-state index in [0.29, 0.717) is 35.4 Å². The fraction of sp³-hybridized carbons (Fsp3) is 0.250. The number of amides is 1. The van der Waals surface area contributed by atoms with E-state index < -0.39 is 6.10 Å². The highest BCUT2D eigenvalue weighted by Crippen LogP contribution is 2.23. The van der Waals surface area contributed by atoms with Crippen LogP contribution in [0, 0.1) is 6.92 Å². The molecule has 0 bridgehead atoms. The molecule has 0 radical (unpaired) electrons. The Morgan fingerprint density at radius 3 is 2.89 bits per heavy atom. The van der Waals surface area contributed by atoms with Crippen LogP contribution in [0.3, 0.4) is 0 Å². The number of hydrogen-bond donors (Lipinski definition) is 1. The molecule has 0 aliphatic carbocycles. The van der Waals surface area contributed by atoms with Crippen LogP contribution in [0.15, 0.2) is 55.1 Å². The molecule has 8 heteroatoms. The predicted molar refractivity (Wildman–Crippen MR) is 107 cm³/mol. The van der Waals surface area contributed by atoms with Gasteiger partial charge in [0.25, 0.3) is 5.91 Å². The number of halogens is 1. The average molecular weight is 401 g/mol. The molecule has 1 heterocycles. The number of carbonyl (C=O) groups is 1. The van der Waals surface area contributed by atoms with Crippen LogP contribution in [0.1, 0.15) is 12.5 Å². The van der Waals surface area contributed by atoms with Crippen LogP contribution in [0.4, 0.5) is 5.69 Å². The lowest BCUT2D eigenvalue weighted by molar-refractivity contribution is -0.122. The summed E-state index contributed by atoms with van der Waals surface area (Å²) in [6, 6.07) is 12.5. The zero-order valence-electron chi connectivity index (χ0n) is 15.6. The molecule has 0 aliphatic heterocycles. The summed E-state index contributed by atoms with van der Waals surface area (Å²) in [5.41, 5.74) is 1.50. The van der Waals surface area contributed by atoms with Crippen molar-refractivity contribution in [2.24, 2.45) is 0 Å². The van der Waals surface area contributed by atoms with Gasteiger partial charge < -0.3 is 14.8 Å². The molecule has 0 fully saturated rings. The van der Waals surface area contributed by atoms with E-state index in [1.807, 2.05) is 19.1 Å². The molecule has 1 N–H and O–H groups in total. The van der Waals surface area contributed by atoms with Gasteiger partial charge in [-0.1, -0.05) is 17.7 Å².